The maximum atomic E-state index is 14.6. The fraction of sp³-hybridized carbons (Fsp3) is 0.292. The first-order valence-corrected chi connectivity index (χ1v) is 11.1. The number of aromatic amines is 1. The summed E-state index contributed by atoms with van der Waals surface area (Å²) >= 11 is 0. The largest absolute Gasteiger partial charge is 0.338 e. The maximum Gasteiger partial charge on any atom is 0.232 e. The molecule has 0 amide bonds. The summed E-state index contributed by atoms with van der Waals surface area (Å²) < 4.78 is 14.6. The lowest BCUT2D eigenvalue weighted by molar-refractivity contribution is 0.331. The normalized spacial score (nSPS) is 20.5. The van der Waals surface area contributed by atoms with Crippen molar-refractivity contribution in [3.63, 3.8) is 0 Å². The molecule has 1 saturated heterocycles. The van der Waals surface area contributed by atoms with Crippen molar-refractivity contribution in [3.05, 3.63) is 66.2 Å². The number of nitrogens with one attached hydrogen (secondary N) is 3. The Labute approximate surface area is 185 Å². The average Bonchev–Trinajstić information content (AvgIpc) is 3.46. The van der Waals surface area contributed by atoms with Crippen LogP contribution in [0.2, 0.25) is 0 Å². The molecule has 32 heavy (non-hydrogen) atoms. The lowest BCUT2D eigenvalue weighted by Gasteiger charge is -2.28. The van der Waals surface area contributed by atoms with Crippen LogP contribution in [0, 0.1) is 11.7 Å². The van der Waals surface area contributed by atoms with Crippen LogP contribution < -0.4 is 15.5 Å². The third-order valence-corrected chi connectivity index (χ3v) is 6.59. The Bertz CT molecular complexity index is 1260. The minimum absolute atomic E-state index is 0.165. The quantitative estimate of drug-likeness (QED) is 0.444. The highest BCUT2D eigenvalue weighted by atomic mass is 19.1. The highest BCUT2D eigenvalue weighted by Gasteiger charge is 2.36. The number of anilines is 4. The van der Waals surface area contributed by atoms with Crippen LogP contribution in [-0.4, -0.2) is 39.8 Å². The predicted octanol–water partition coefficient (Wildman–Crippen LogP) is 4.47. The molecule has 2 aliphatic heterocycles. The summed E-state index contributed by atoms with van der Waals surface area (Å²) in [5.74, 6) is 1.18. The van der Waals surface area contributed by atoms with E-state index in [0.717, 1.165) is 41.9 Å². The number of piperidine rings is 1. The lowest BCUT2D eigenvalue weighted by atomic mass is 9.83. The number of fused-ring (bicyclic) bond motifs is 2. The van der Waals surface area contributed by atoms with Crippen LogP contribution in [-0.2, 0) is 0 Å². The van der Waals surface area contributed by atoms with E-state index in [1.807, 2.05) is 24.3 Å². The fourth-order valence-electron chi connectivity index (χ4n) is 4.99. The van der Waals surface area contributed by atoms with Gasteiger partial charge in [0, 0.05) is 29.2 Å². The Balaban J connectivity index is 1.32. The van der Waals surface area contributed by atoms with Gasteiger partial charge in [0.2, 0.25) is 5.95 Å². The minimum atomic E-state index is -0.485. The number of halogens is 1. The van der Waals surface area contributed by atoms with Gasteiger partial charge in [0.05, 0.1) is 17.9 Å². The Morgan fingerprint density at radius 2 is 2.06 bits per heavy atom. The summed E-state index contributed by atoms with van der Waals surface area (Å²) in [6.45, 7) is 2.92. The number of nitrogens with zero attached hydrogens (tertiary/aromatic N) is 4. The Morgan fingerprint density at radius 3 is 2.97 bits per heavy atom. The standard InChI is InChI=1S/C24H24FN7/c25-20-13-27-24(30-23(20)29-17-7-8-21-16(10-17)12-28-31-21)32-14-19(15-4-3-9-26-11-15)18-5-1-2-6-22(18)32/h1-2,5-8,10,12-13,15,19,26H,3-4,9,11,14H2,(H,28,31)(H,27,29,30). The summed E-state index contributed by atoms with van der Waals surface area (Å²) in [4.78, 5) is 11.1. The van der Waals surface area contributed by atoms with Gasteiger partial charge in [-0.25, -0.2) is 9.37 Å². The number of hydrogen-bond acceptors (Lipinski definition) is 6. The van der Waals surface area contributed by atoms with Crippen molar-refractivity contribution < 1.29 is 4.39 Å². The van der Waals surface area contributed by atoms with E-state index in [1.165, 1.54) is 24.6 Å². The summed E-state index contributed by atoms with van der Waals surface area (Å²) in [5, 5.41) is 14.6. The zero-order valence-electron chi connectivity index (χ0n) is 17.6. The van der Waals surface area contributed by atoms with E-state index in [9.17, 15) is 4.39 Å². The molecule has 2 aromatic heterocycles. The summed E-state index contributed by atoms with van der Waals surface area (Å²) in [7, 11) is 0. The number of H-pyrrole nitrogens is 1. The third kappa shape index (κ3) is 3.36. The van der Waals surface area contributed by atoms with Gasteiger partial charge in [-0.05, 0) is 61.7 Å². The molecule has 2 atom stereocenters. The van der Waals surface area contributed by atoms with Gasteiger partial charge in [0.25, 0.3) is 0 Å². The van der Waals surface area contributed by atoms with Crippen LogP contribution in [0.1, 0.15) is 24.3 Å². The topological polar surface area (TPSA) is 81.8 Å². The molecule has 0 spiro atoms. The lowest BCUT2D eigenvalue weighted by Crippen LogP contribution is -2.34. The van der Waals surface area contributed by atoms with Gasteiger partial charge >= 0.3 is 0 Å². The van der Waals surface area contributed by atoms with E-state index in [0.29, 0.717) is 17.8 Å². The molecule has 0 saturated carbocycles. The molecule has 2 aliphatic rings. The van der Waals surface area contributed by atoms with Gasteiger partial charge < -0.3 is 15.5 Å². The van der Waals surface area contributed by atoms with Crippen LogP contribution in [0.25, 0.3) is 10.9 Å². The van der Waals surface area contributed by atoms with Crippen molar-refractivity contribution in [2.45, 2.75) is 18.8 Å². The van der Waals surface area contributed by atoms with Crippen LogP contribution >= 0.6 is 0 Å². The third-order valence-electron chi connectivity index (χ3n) is 6.59. The van der Waals surface area contributed by atoms with E-state index in [-0.39, 0.29) is 5.82 Å². The van der Waals surface area contributed by atoms with Gasteiger partial charge in [0.15, 0.2) is 11.6 Å². The molecule has 0 aliphatic carbocycles. The molecule has 4 heterocycles. The second-order valence-electron chi connectivity index (χ2n) is 8.55. The maximum absolute atomic E-state index is 14.6. The molecule has 0 bridgehead atoms. The van der Waals surface area contributed by atoms with Crippen LogP contribution in [0.5, 0.6) is 0 Å². The van der Waals surface area contributed by atoms with Crippen molar-refractivity contribution in [1.82, 2.24) is 25.5 Å². The van der Waals surface area contributed by atoms with Crippen LogP contribution in [0.4, 0.5) is 27.5 Å². The van der Waals surface area contributed by atoms with Crippen molar-refractivity contribution in [1.29, 1.82) is 0 Å². The van der Waals surface area contributed by atoms with Crippen molar-refractivity contribution in [2.24, 2.45) is 5.92 Å². The van der Waals surface area contributed by atoms with Crippen LogP contribution in [0.3, 0.4) is 0 Å². The van der Waals surface area contributed by atoms with Gasteiger partial charge in [-0.1, -0.05) is 18.2 Å². The molecule has 6 rings (SSSR count). The van der Waals surface area contributed by atoms with E-state index < -0.39 is 5.82 Å². The molecule has 1 fully saturated rings. The molecular weight excluding hydrogens is 405 g/mol. The highest BCUT2D eigenvalue weighted by Crippen LogP contribution is 2.44. The molecule has 3 N–H and O–H groups in total. The van der Waals surface area contributed by atoms with Gasteiger partial charge in [-0.15, -0.1) is 0 Å². The Kier molecular flexibility index (Phi) is 4.72. The molecule has 4 aromatic rings. The molecule has 2 aromatic carbocycles. The molecule has 162 valence electrons. The number of para-hydroxylation sites is 1. The number of hydrogen-bond donors (Lipinski definition) is 3. The zero-order valence-corrected chi connectivity index (χ0v) is 17.6. The molecule has 2 unspecified atom stereocenters. The van der Waals surface area contributed by atoms with Gasteiger partial charge in [-0.2, -0.15) is 10.1 Å². The van der Waals surface area contributed by atoms with E-state index in [2.05, 4.69) is 53.9 Å². The first-order valence-electron chi connectivity index (χ1n) is 11.1. The Morgan fingerprint density at radius 1 is 1.12 bits per heavy atom. The number of benzene rings is 2. The second kappa shape index (κ2) is 7.87. The first-order chi connectivity index (χ1) is 15.8. The monoisotopic (exact) mass is 429 g/mol. The van der Waals surface area contributed by atoms with Crippen LogP contribution in [0.15, 0.2) is 54.9 Å². The molecule has 0 radical (unpaired) electrons. The van der Waals surface area contributed by atoms with E-state index in [1.54, 1.807) is 6.20 Å². The number of aromatic nitrogens is 4. The highest BCUT2D eigenvalue weighted by molar-refractivity contribution is 5.82. The smallest absolute Gasteiger partial charge is 0.232 e. The first kappa shape index (κ1) is 19.2. The molecule has 8 heteroatoms. The summed E-state index contributed by atoms with van der Waals surface area (Å²) in [5.41, 5.74) is 4.11. The SMILES string of the molecule is Fc1cnc(N2CC(C3CCCNC3)c3ccccc32)nc1Nc1ccc2[nH]ncc2c1. The van der Waals surface area contributed by atoms with E-state index in [4.69, 9.17) is 0 Å². The van der Waals surface area contributed by atoms with E-state index >= 15 is 0 Å². The Hall–Kier alpha value is -3.52. The summed E-state index contributed by atoms with van der Waals surface area (Å²) in [6, 6.07) is 14.1. The van der Waals surface area contributed by atoms with Crippen molar-refractivity contribution >= 4 is 34.0 Å². The second-order valence-corrected chi connectivity index (χ2v) is 8.55. The average molecular weight is 430 g/mol. The van der Waals surface area contributed by atoms with Crippen molar-refractivity contribution in [3.8, 4) is 0 Å². The molecule has 7 nitrogen and oxygen atoms in total. The van der Waals surface area contributed by atoms with Gasteiger partial charge in [-0.3, -0.25) is 5.10 Å². The molecular formula is C24H24FN7. The number of rotatable bonds is 4. The van der Waals surface area contributed by atoms with Gasteiger partial charge in [0.1, 0.15) is 0 Å². The summed E-state index contributed by atoms with van der Waals surface area (Å²) in [6.07, 6.45) is 5.40. The van der Waals surface area contributed by atoms with Crippen molar-refractivity contribution in [2.75, 3.05) is 29.9 Å². The predicted molar refractivity (Wildman–Crippen MR) is 123 cm³/mol. The fourth-order valence-corrected chi connectivity index (χ4v) is 4.99. The zero-order chi connectivity index (χ0) is 21.5. The minimum Gasteiger partial charge on any atom is -0.338 e.